The number of hydrogen-bond donors (Lipinski definition) is 0. The van der Waals surface area contributed by atoms with E-state index in [1.807, 2.05) is 42.5 Å². The van der Waals surface area contributed by atoms with Crippen molar-refractivity contribution < 1.29 is 22.3 Å². The second-order valence-electron chi connectivity index (χ2n) is 7.31. The van der Waals surface area contributed by atoms with Crippen LogP contribution in [0.2, 0.25) is 0 Å². The lowest BCUT2D eigenvalue weighted by atomic mass is 9.96. The van der Waals surface area contributed by atoms with Crippen molar-refractivity contribution >= 4 is 9.84 Å². The Morgan fingerprint density at radius 2 is 1.62 bits per heavy atom. The van der Waals surface area contributed by atoms with Crippen molar-refractivity contribution in [1.82, 2.24) is 4.98 Å². The molecule has 32 heavy (non-hydrogen) atoms. The van der Waals surface area contributed by atoms with Crippen LogP contribution in [-0.4, -0.2) is 33.9 Å². The number of aromatic nitrogens is 1. The normalized spacial score (nSPS) is 11.3. The van der Waals surface area contributed by atoms with E-state index in [1.54, 1.807) is 44.7 Å². The molecule has 0 amide bonds. The zero-order valence-corrected chi connectivity index (χ0v) is 18.8. The molecule has 0 saturated heterocycles. The lowest BCUT2D eigenvalue weighted by Crippen LogP contribution is -1.98. The van der Waals surface area contributed by atoms with Crippen LogP contribution in [0, 0.1) is 0 Å². The van der Waals surface area contributed by atoms with Crippen LogP contribution in [0.15, 0.2) is 82.3 Å². The average Bonchev–Trinajstić information content (AvgIpc) is 3.26. The molecule has 7 heteroatoms. The SMILES string of the molecule is COc1ccc(-c2coc(Cc3ccccc3)n2)c(-c2ccc(S(C)(=O)=O)cc2)c1OC. The van der Waals surface area contributed by atoms with Gasteiger partial charge >= 0.3 is 0 Å². The van der Waals surface area contributed by atoms with Crippen molar-refractivity contribution in [3.05, 3.63) is 84.4 Å². The molecule has 6 nitrogen and oxygen atoms in total. The Bertz CT molecular complexity index is 1330. The van der Waals surface area contributed by atoms with Gasteiger partial charge in [-0.15, -0.1) is 0 Å². The summed E-state index contributed by atoms with van der Waals surface area (Å²) >= 11 is 0. The molecule has 0 aliphatic rings. The van der Waals surface area contributed by atoms with E-state index in [4.69, 9.17) is 18.9 Å². The number of oxazole rings is 1. The smallest absolute Gasteiger partial charge is 0.198 e. The molecule has 0 N–H and O–H groups in total. The monoisotopic (exact) mass is 449 g/mol. The standard InChI is InChI=1S/C25H23NO5S/c1-29-22-14-13-20(21-16-31-23(26-21)15-17-7-5-4-6-8-17)24(25(22)30-2)18-9-11-19(12-10-18)32(3,27)28/h4-14,16H,15H2,1-3H3. The van der Waals surface area contributed by atoms with Crippen LogP contribution in [0.4, 0.5) is 0 Å². The van der Waals surface area contributed by atoms with Crippen LogP contribution < -0.4 is 9.47 Å². The molecule has 0 spiro atoms. The largest absolute Gasteiger partial charge is 0.493 e. The molecule has 0 saturated carbocycles. The maximum Gasteiger partial charge on any atom is 0.198 e. The summed E-state index contributed by atoms with van der Waals surface area (Å²) in [5, 5.41) is 0. The third-order valence-corrected chi connectivity index (χ3v) is 6.27. The third-order valence-electron chi connectivity index (χ3n) is 5.14. The molecular formula is C25H23NO5S. The Kier molecular flexibility index (Phi) is 6.01. The van der Waals surface area contributed by atoms with Gasteiger partial charge in [0.2, 0.25) is 0 Å². The first-order chi connectivity index (χ1) is 15.4. The van der Waals surface area contributed by atoms with E-state index < -0.39 is 9.84 Å². The molecule has 0 unspecified atom stereocenters. The van der Waals surface area contributed by atoms with Gasteiger partial charge in [0.05, 0.1) is 19.1 Å². The van der Waals surface area contributed by atoms with Gasteiger partial charge in [0, 0.05) is 23.8 Å². The fourth-order valence-corrected chi connectivity index (χ4v) is 4.21. The molecular weight excluding hydrogens is 426 g/mol. The first-order valence-electron chi connectivity index (χ1n) is 9.95. The van der Waals surface area contributed by atoms with Crippen molar-refractivity contribution in [2.75, 3.05) is 20.5 Å². The van der Waals surface area contributed by atoms with Gasteiger partial charge in [-0.25, -0.2) is 13.4 Å². The van der Waals surface area contributed by atoms with E-state index >= 15 is 0 Å². The Labute approximate surface area is 187 Å². The molecule has 1 aromatic heterocycles. The zero-order valence-electron chi connectivity index (χ0n) is 18.0. The minimum Gasteiger partial charge on any atom is -0.493 e. The van der Waals surface area contributed by atoms with E-state index in [0.29, 0.717) is 29.5 Å². The summed E-state index contributed by atoms with van der Waals surface area (Å²) in [5.74, 6) is 1.69. The minimum atomic E-state index is -3.30. The highest BCUT2D eigenvalue weighted by Crippen LogP contribution is 2.44. The second kappa shape index (κ2) is 8.88. The van der Waals surface area contributed by atoms with Gasteiger partial charge in [-0.3, -0.25) is 0 Å². The molecule has 0 radical (unpaired) electrons. The van der Waals surface area contributed by atoms with Crippen molar-refractivity contribution in [2.45, 2.75) is 11.3 Å². The first-order valence-corrected chi connectivity index (χ1v) is 11.8. The molecule has 3 aromatic carbocycles. The molecule has 0 bridgehead atoms. The Hall–Kier alpha value is -3.58. The third kappa shape index (κ3) is 4.38. The van der Waals surface area contributed by atoms with Crippen molar-refractivity contribution in [3.8, 4) is 33.9 Å². The summed E-state index contributed by atoms with van der Waals surface area (Å²) in [6.45, 7) is 0. The number of methoxy groups -OCH3 is 2. The van der Waals surface area contributed by atoms with E-state index in [-0.39, 0.29) is 4.90 Å². The van der Waals surface area contributed by atoms with Crippen LogP contribution >= 0.6 is 0 Å². The van der Waals surface area contributed by atoms with Gasteiger partial charge in [0.1, 0.15) is 12.0 Å². The summed E-state index contributed by atoms with van der Waals surface area (Å²) in [5.41, 5.74) is 4.06. The van der Waals surface area contributed by atoms with Crippen molar-refractivity contribution in [1.29, 1.82) is 0 Å². The molecule has 0 aliphatic heterocycles. The fourth-order valence-electron chi connectivity index (χ4n) is 3.58. The van der Waals surface area contributed by atoms with Crippen LogP contribution in [0.25, 0.3) is 22.4 Å². The van der Waals surface area contributed by atoms with Gasteiger partial charge in [-0.2, -0.15) is 0 Å². The Morgan fingerprint density at radius 1 is 0.906 bits per heavy atom. The number of benzene rings is 3. The highest BCUT2D eigenvalue weighted by molar-refractivity contribution is 7.90. The topological polar surface area (TPSA) is 78.6 Å². The summed E-state index contributed by atoms with van der Waals surface area (Å²) in [4.78, 5) is 4.94. The van der Waals surface area contributed by atoms with Gasteiger partial charge in [0.15, 0.2) is 27.2 Å². The highest BCUT2D eigenvalue weighted by atomic mass is 32.2. The second-order valence-corrected chi connectivity index (χ2v) is 9.32. The van der Waals surface area contributed by atoms with Gasteiger partial charge in [0.25, 0.3) is 0 Å². The predicted molar refractivity (Wildman–Crippen MR) is 123 cm³/mol. The van der Waals surface area contributed by atoms with E-state index in [9.17, 15) is 8.42 Å². The number of nitrogens with zero attached hydrogens (tertiary/aromatic N) is 1. The number of hydrogen-bond acceptors (Lipinski definition) is 6. The van der Waals surface area contributed by atoms with Crippen LogP contribution in [-0.2, 0) is 16.3 Å². The van der Waals surface area contributed by atoms with Gasteiger partial charge in [-0.05, 0) is 35.4 Å². The number of ether oxygens (including phenoxy) is 2. The molecule has 1 heterocycles. The summed E-state index contributed by atoms with van der Waals surface area (Å²) in [6, 6.07) is 20.3. The molecule has 0 aliphatic carbocycles. The van der Waals surface area contributed by atoms with E-state index in [0.717, 1.165) is 22.3 Å². The lowest BCUT2D eigenvalue weighted by Gasteiger charge is -2.16. The summed E-state index contributed by atoms with van der Waals surface area (Å²) in [6.07, 6.45) is 3.38. The molecule has 4 aromatic rings. The van der Waals surface area contributed by atoms with Crippen LogP contribution in [0.1, 0.15) is 11.5 Å². The highest BCUT2D eigenvalue weighted by Gasteiger charge is 2.21. The average molecular weight is 450 g/mol. The summed E-state index contributed by atoms with van der Waals surface area (Å²) < 4.78 is 40.7. The zero-order chi connectivity index (χ0) is 22.7. The Balaban J connectivity index is 1.81. The molecule has 0 fully saturated rings. The Morgan fingerprint density at radius 3 is 2.25 bits per heavy atom. The maximum atomic E-state index is 11.9. The van der Waals surface area contributed by atoms with Crippen molar-refractivity contribution in [3.63, 3.8) is 0 Å². The van der Waals surface area contributed by atoms with E-state index in [2.05, 4.69) is 0 Å². The number of sulfone groups is 1. The van der Waals surface area contributed by atoms with E-state index in [1.165, 1.54) is 6.26 Å². The maximum absolute atomic E-state index is 11.9. The van der Waals surface area contributed by atoms with Gasteiger partial charge in [-0.1, -0.05) is 42.5 Å². The van der Waals surface area contributed by atoms with Crippen LogP contribution in [0.3, 0.4) is 0 Å². The van der Waals surface area contributed by atoms with Crippen molar-refractivity contribution in [2.24, 2.45) is 0 Å². The number of rotatable bonds is 7. The summed E-state index contributed by atoms with van der Waals surface area (Å²) in [7, 11) is -0.162. The minimum absolute atomic E-state index is 0.247. The van der Waals surface area contributed by atoms with Crippen LogP contribution in [0.5, 0.6) is 11.5 Å². The molecule has 4 rings (SSSR count). The fraction of sp³-hybridized carbons (Fsp3) is 0.160. The molecule has 0 atom stereocenters. The first kappa shape index (κ1) is 21.6. The molecule has 164 valence electrons. The predicted octanol–water partition coefficient (Wildman–Crippen LogP) is 5.02. The quantitative estimate of drug-likeness (QED) is 0.394. The lowest BCUT2D eigenvalue weighted by molar-refractivity contribution is 0.356. The van der Waals surface area contributed by atoms with Gasteiger partial charge < -0.3 is 13.9 Å².